The van der Waals surface area contributed by atoms with Crippen LogP contribution in [-0.2, 0) is 0 Å². The van der Waals surface area contributed by atoms with Crippen LogP contribution >= 0.6 is 20.2 Å². The number of carbonyl (C=O) groups is 1. The molecule has 3 unspecified atom stereocenters. The van der Waals surface area contributed by atoms with Gasteiger partial charge in [-0.15, -0.1) is 0 Å². The molecule has 0 N–H and O–H groups in total. The van der Waals surface area contributed by atoms with E-state index in [9.17, 15) is 4.79 Å². The lowest BCUT2D eigenvalue weighted by Gasteiger charge is -2.20. The maximum absolute atomic E-state index is 13.3. The van der Waals surface area contributed by atoms with Gasteiger partial charge in [-0.3, -0.25) is 4.79 Å². The van der Waals surface area contributed by atoms with Crippen molar-refractivity contribution in [3.8, 4) is 17.2 Å². The lowest BCUT2D eigenvalue weighted by Crippen LogP contribution is -2.16. The van der Waals surface area contributed by atoms with E-state index in [0.29, 0.717) is 41.4 Å². The van der Waals surface area contributed by atoms with Crippen LogP contribution in [0.1, 0.15) is 89.4 Å². The van der Waals surface area contributed by atoms with Crippen LogP contribution in [0.3, 0.4) is 0 Å². The first-order valence-electron chi connectivity index (χ1n) is 13.5. The zero-order valence-electron chi connectivity index (χ0n) is 22.7. The van der Waals surface area contributed by atoms with Gasteiger partial charge in [-0.25, -0.2) is 0 Å². The second-order valence-corrected chi connectivity index (χ2v) is 11.0. The van der Waals surface area contributed by atoms with Crippen LogP contribution in [0.15, 0.2) is 36.4 Å². The van der Waals surface area contributed by atoms with Gasteiger partial charge in [0.2, 0.25) is 0 Å². The van der Waals surface area contributed by atoms with Gasteiger partial charge in [0.1, 0.15) is 17.2 Å². The Hall–Kier alpha value is -1.77. The van der Waals surface area contributed by atoms with Crippen LogP contribution in [0.4, 0.5) is 0 Å². The van der Waals surface area contributed by atoms with Crippen molar-refractivity contribution in [2.24, 2.45) is 11.8 Å². The molecule has 0 heterocycles. The van der Waals surface area contributed by atoms with Gasteiger partial charge < -0.3 is 14.2 Å². The summed E-state index contributed by atoms with van der Waals surface area (Å²) in [7, 11) is 1.42. The van der Waals surface area contributed by atoms with Crippen LogP contribution in [0.2, 0.25) is 5.02 Å². The molecule has 0 saturated carbocycles. The highest BCUT2D eigenvalue weighted by Crippen LogP contribution is 2.35. The Kier molecular flexibility index (Phi) is 14.3. The molecule has 4 nitrogen and oxygen atoms in total. The summed E-state index contributed by atoms with van der Waals surface area (Å²) in [5.74, 6) is 3.04. The van der Waals surface area contributed by atoms with E-state index in [1.54, 1.807) is 25.3 Å². The summed E-state index contributed by atoms with van der Waals surface area (Å²) in [5.41, 5.74) is 0.349. The Morgan fingerprint density at radius 2 is 1.53 bits per heavy atom. The fourth-order valence-electron chi connectivity index (χ4n) is 4.11. The van der Waals surface area contributed by atoms with Crippen molar-refractivity contribution in [2.75, 3.05) is 20.3 Å². The quantitative estimate of drug-likeness (QED) is 0.179. The second kappa shape index (κ2) is 16.9. The maximum atomic E-state index is 13.3. The summed E-state index contributed by atoms with van der Waals surface area (Å²) in [6.07, 6.45) is 9.29. The molecule has 0 saturated heterocycles. The highest BCUT2D eigenvalue weighted by atomic mass is 35.5. The molecule has 200 valence electrons. The number of hydrogen-bond acceptors (Lipinski definition) is 4. The van der Waals surface area contributed by atoms with E-state index < -0.39 is 0 Å². The molecule has 2 rings (SSSR count). The van der Waals surface area contributed by atoms with Crippen molar-refractivity contribution in [3.63, 3.8) is 0 Å². The highest BCUT2D eigenvalue weighted by Gasteiger charge is 2.20. The first kappa shape index (κ1) is 30.5. The lowest BCUT2D eigenvalue weighted by atomic mass is 10.0. The molecule has 0 aliphatic carbocycles. The van der Waals surface area contributed by atoms with Crippen molar-refractivity contribution < 1.29 is 19.0 Å². The minimum absolute atomic E-state index is 0.0698. The van der Waals surface area contributed by atoms with E-state index in [2.05, 4.69) is 27.7 Å². The van der Waals surface area contributed by atoms with Crippen LogP contribution in [0, 0.1) is 11.8 Å². The predicted molar refractivity (Wildman–Crippen MR) is 154 cm³/mol. The van der Waals surface area contributed by atoms with Gasteiger partial charge in [0.15, 0.2) is 5.52 Å². The smallest absolute Gasteiger partial charge is 0.190 e. The molecule has 0 fully saturated rings. The van der Waals surface area contributed by atoms with Gasteiger partial charge in [-0.05, 0) is 57.5 Å². The predicted octanol–water partition coefficient (Wildman–Crippen LogP) is 8.68. The highest BCUT2D eigenvalue weighted by molar-refractivity contribution is 7.66. The second-order valence-electron chi connectivity index (χ2n) is 9.38. The number of unbranched alkanes of at least 4 members (excludes halogenated alkanes) is 2. The van der Waals surface area contributed by atoms with Gasteiger partial charge >= 0.3 is 0 Å². The van der Waals surface area contributed by atoms with Gasteiger partial charge in [0, 0.05) is 11.4 Å². The summed E-state index contributed by atoms with van der Waals surface area (Å²) in [6, 6.07) is 11.1. The SMILES string of the molecule is CCCCC(CC)COc1ccc(PC(=O)c2c(Cl)cccc2OC)c(OCC(CC)CCCC)c1. The van der Waals surface area contributed by atoms with Crippen molar-refractivity contribution in [2.45, 2.75) is 79.1 Å². The molecule has 0 aromatic heterocycles. The Balaban J connectivity index is 2.25. The third kappa shape index (κ3) is 9.60. The number of methoxy groups -OCH3 is 1. The standard InChI is InChI=1S/C30H44ClO4P/c1-6-10-13-22(8-3)20-34-24-17-18-28(27(19-24)35-21-23(9-4)14-11-7-2)36-30(32)29-25(31)15-12-16-26(29)33-5/h12,15-19,22-23,36H,6-11,13-14,20-21H2,1-5H3. The van der Waals surface area contributed by atoms with E-state index in [4.69, 9.17) is 25.8 Å². The van der Waals surface area contributed by atoms with Gasteiger partial charge in [-0.2, -0.15) is 0 Å². The number of hydrogen-bond donors (Lipinski definition) is 0. The summed E-state index contributed by atoms with van der Waals surface area (Å²) < 4.78 is 18.0. The van der Waals surface area contributed by atoms with Gasteiger partial charge in [0.05, 0.1) is 30.9 Å². The van der Waals surface area contributed by atoms with Gasteiger partial charge in [-0.1, -0.05) is 83.9 Å². The third-order valence-electron chi connectivity index (χ3n) is 6.67. The molecule has 2 aromatic rings. The Morgan fingerprint density at radius 3 is 2.11 bits per heavy atom. The Bertz CT molecular complexity index is 933. The molecule has 0 aliphatic heterocycles. The molecule has 0 radical (unpaired) electrons. The topological polar surface area (TPSA) is 44.8 Å². The number of halogens is 1. The van der Waals surface area contributed by atoms with Gasteiger partial charge in [0.25, 0.3) is 0 Å². The lowest BCUT2D eigenvalue weighted by molar-refractivity contribution is 0.108. The van der Waals surface area contributed by atoms with Crippen molar-refractivity contribution in [1.82, 2.24) is 0 Å². The number of ether oxygens (including phenoxy) is 3. The van der Waals surface area contributed by atoms with E-state index >= 15 is 0 Å². The zero-order chi connectivity index (χ0) is 26.3. The van der Waals surface area contributed by atoms with Crippen molar-refractivity contribution in [1.29, 1.82) is 0 Å². The normalized spacial score (nSPS) is 13.1. The molecule has 3 atom stereocenters. The number of rotatable bonds is 18. The average molecular weight is 535 g/mol. The zero-order valence-corrected chi connectivity index (χ0v) is 24.5. The first-order valence-corrected chi connectivity index (χ1v) is 14.9. The van der Waals surface area contributed by atoms with E-state index in [0.717, 1.165) is 36.1 Å². The summed E-state index contributed by atoms with van der Waals surface area (Å²) in [6.45, 7) is 10.2. The fraction of sp³-hybridized carbons (Fsp3) is 0.567. The first-order chi connectivity index (χ1) is 17.5. The average Bonchev–Trinajstić information content (AvgIpc) is 2.89. The van der Waals surface area contributed by atoms with Crippen LogP contribution in [0.25, 0.3) is 0 Å². The molecule has 6 heteroatoms. The third-order valence-corrected chi connectivity index (χ3v) is 8.14. The molecule has 0 spiro atoms. The molecule has 0 aliphatic rings. The van der Waals surface area contributed by atoms with Crippen molar-refractivity contribution in [3.05, 3.63) is 47.0 Å². The monoisotopic (exact) mass is 534 g/mol. The minimum Gasteiger partial charge on any atom is -0.496 e. The van der Waals surface area contributed by atoms with Crippen LogP contribution < -0.4 is 19.5 Å². The van der Waals surface area contributed by atoms with E-state index in [-0.39, 0.29) is 14.1 Å². The van der Waals surface area contributed by atoms with Crippen LogP contribution in [0.5, 0.6) is 17.2 Å². The molecule has 0 amide bonds. The molecule has 0 bridgehead atoms. The largest absolute Gasteiger partial charge is 0.496 e. The number of benzene rings is 2. The maximum Gasteiger partial charge on any atom is 0.190 e. The minimum atomic E-state index is -0.135. The summed E-state index contributed by atoms with van der Waals surface area (Å²) >= 11 is 6.38. The number of carbonyl (C=O) groups excluding carboxylic acids is 1. The van der Waals surface area contributed by atoms with E-state index in [1.807, 2.05) is 18.2 Å². The fourth-order valence-corrected chi connectivity index (χ4v) is 5.51. The molecular formula is C30H44ClO4P. The Labute approximate surface area is 225 Å². The molecule has 2 aromatic carbocycles. The van der Waals surface area contributed by atoms with E-state index in [1.165, 1.54) is 32.1 Å². The summed E-state index contributed by atoms with van der Waals surface area (Å²) in [5, 5.41) is 1.26. The summed E-state index contributed by atoms with van der Waals surface area (Å²) in [4.78, 5) is 13.3. The van der Waals surface area contributed by atoms with Crippen molar-refractivity contribution >= 4 is 31.0 Å². The van der Waals surface area contributed by atoms with Crippen LogP contribution in [-0.4, -0.2) is 25.8 Å². The molecule has 36 heavy (non-hydrogen) atoms. The Morgan fingerprint density at radius 1 is 0.889 bits per heavy atom. The molecular weight excluding hydrogens is 491 g/mol.